The van der Waals surface area contributed by atoms with Crippen LogP contribution in [0.3, 0.4) is 0 Å². The smallest absolute Gasteiger partial charge is 0.287 e. The Balaban J connectivity index is 1.27. The molecule has 7 heteroatoms. The molecule has 0 bridgehead atoms. The predicted molar refractivity (Wildman–Crippen MR) is 116 cm³/mol. The van der Waals surface area contributed by atoms with Crippen molar-refractivity contribution in [2.24, 2.45) is 0 Å². The number of halogens is 1. The van der Waals surface area contributed by atoms with Gasteiger partial charge < -0.3 is 19.2 Å². The van der Waals surface area contributed by atoms with Gasteiger partial charge in [0.15, 0.2) is 5.76 Å². The summed E-state index contributed by atoms with van der Waals surface area (Å²) in [6.45, 7) is 0.843. The van der Waals surface area contributed by atoms with Crippen LogP contribution in [0.5, 0.6) is 11.6 Å². The number of ether oxygens (including phenoxy) is 2. The molecule has 0 aliphatic carbocycles. The van der Waals surface area contributed by atoms with Gasteiger partial charge >= 0.3 is 0 Å². The van der Waals surface area contributed by atoms with E-state index in [9.17, 15) is 9.18 Å². The Labute approximate surface area is 184 Å². The summed E-state index contributed by atoms with van der Waals surface area (Å²) < 4.78 is 29.7. The van der Waals surface area contributed by atoms with Crippen molar-refractivity contribution in [3.63, 3.8) is 0 Å². The standard InChI is InChI=1S/C25H21FN2O4/c26-20-6-8-21(9-7-20)30-17-22-10-11-23(32-22)25(29)28-15-19-12-13-27-24(14-19)31-16-18-4-2-1-3-5-18/h1-14H,15-17H2,(H,28,29). The summed E-state index contributed by atoms with van der Waals surface area (Å²) in [6.07, 6.45) is 1.64. The Morgan fingerprint density at radius 3 is 2.53 bits per heavy atom. The van der Waals surface area contributed by atoms with Crippen LogP contribution in [0, 0.1) is 5.82 Å². The fourth-order valence-corrected chi connectivity index (χ4v) is 2.90. The number of benzene rings is 2. The van der Waals surface area contributed by atoms with Gasteiger partial charge in [-0.25, -0.2) is 9.37 Å². The fraction of sp³-hybridized carbons (Fsp3) is 0.120. The molecule has 0 spiro atoms. The van der Waals surface area contributed by atoms with Crippen molar-refractivity contribution in [1.82, 2.24) is 10.3 Å². The molecule has 6 nitrogen and oxygen atoms in total. The highest BCUT2D eigenvalue weighted by Gasteiger charge is 2.12. The largest absolute Gasteiger partial charge is 0.486 e. The van der Waals surface area contributed by atoms with Gasteiger partial charge in [0.05, 0.1) is 0 Å². The van der Waals surface area contributed by atoms with Crippen molar-refractivity contribution < 1.29 is 23.1 Å². The molecule has 0 radical (unpaired) electrons. The van der Waals surface area contributed by atoms with Crippen molar-refractivity contribution in [2.75, 3.05) is 0 Å². The number of hydrogen-bond donors (Lipinski definition) is 1. The fourth-order valence-electron chi connectivity index (χ4n) is 2.90. The van der Waals surface area contributed by atoms with E-state index in [1.165, 1.54) is 24.3 Å². The topological polar surface area (TPSA) is 73.6 Å². The highest BCUT2D eigenvalue weighted by atomic mass is 19.1. The molecule has 1 amide bonds. The van der Waals surface area contributed by atoms with Crippen LogP contribution in [0.4, 0.5) is 4.39 Å². The van der Waals surface area contributed by atoms with Crippen LogP contribution in [0.15, 0.2) is 89.5 Å². The quantitative estimate of drug-likeness (QED) is 0.407. The number of pyridine rings is 1. The van der Waals surface area contributed by atoms with E-state index < -0.39 is 0 Å². The summed E-state index contributed by atoms with van der Waals surface area (Å²) in [5.74, 6) is 0.980. The van der Waals surface area contributed by atoms with Crippen LogP contribution >= 0.6 is 0 Å². The maximum absolute atomic E-state index is 12.9. The highest BCUT2D eigenvalue weighted by molar-refractivity contribution is 5.91. The lowest BCUT2D eigenvalue weighted by Gasteiger charge is -2.08. The second kappa shape index (κ2) is 10.3. The second-order valence-corrected chi connectivity index (χ2v) is 6.97. The number of aromatic nitrogens is 1. The van der Waals surface area contributed by atoms with Gasteiger partial charge in [0.2, 0.25) is 5.88 Å². The lowest BCUT2D eigenvalue weighted by atomic mass is 10.2. The number of carbonyl (C=O) groups is 1. The van der Waals surface area contributed by atoms with Crippen molar-refractivity contribution in [2.45, 2.75) is 19.8 Å². The van der Waals surface area contributed by atoms with E-state index in [4.69, 9.17) is 13.9 Å². The van der Waals surface area contributed by atoms with Crippen molar-refractivity contribution in [3.8, 4) is 11.6 Å². The predicted octanol–water partition coefficient (Wildman–Crippen LogP) is 4.90. The van der Waals surface area contributed by atoms with Crippen LogP contribution in [0.2, 0.25) is 0 Å². The molecule has 2 aromatic carbocycles. The van der Waals surface area contributed by atoms with E-state index in [1.807, 2.05) is 30.3 Å². The van der Waals surface area contributed by atoms with Crippen molar-refractivity contribution >= 4 is 5.91 Å². The number of carbonyl (C=O) groups excluding carboxylic acids is 1. The van der Waals surface area contributed by atoms with E-state index >= 15 is 0 Å². The minimum Gasteiger partial charge on any atom is -0.486 e. The Hall–Kier alpha value is -4.13. The van der Waals surface area contributed by atoms with Crippen molar-refractivity contribution in [3.05, 3.63) is 114 Å². The Kier molecular flexibility index (Phi) is 6.77. The third kappa shape index (κ3) is 5.95. The van der Waals surface area contributed by atoms with Crippen molar-refractivity contribution in [1.29, 1.82) is 0 Å². The number of rotatable bonds is 9. The third-order valence-electron chi connectivity index (χ3n) is 4.56. The lowest BCUT2D eigenvalue weighted by Crippen LogP contribution is -2.22. The first-order valence-electron chi connectivity index (χ1n) is 10.0. The molecular formula is C25H21FN2O4. The van der Waals surface area contributed by atoms with Gasteiger partial charge in [-0.15, -0.1) is 0 Å². The van der Waals surface area contributed by atoms with E-state index in [-0.39, 0.29) is 24.1 Å². The number of amides is 1. The monoisotopic (exact) mass is 432 g/mol. The molecule has 2 heterocycles. The first-order valence-corrected chi connectivity index (χ1v) is 10.0. The zero-order valence-electron chi connectivity index (χ0n) is 17.2. The summed E-state index contributed by atoms with van der Waals surface area (Å²) in [5.41, 5.74) is 1.90. The van der Waals surface area contributed by atoms with Gasteiger partial charge in [-0.05, 0) is 53.6 Å². The molecule has 0 saturated carbocycles. The average Bonchev–Trinajstić information content (AvgIpc) is 3.31. The third-order valence-corrected chi connectivity index (χ3v) is 4.56. The molecule has 4 aromatic rings. The summed E-state index contributed by atoms with van der Waals surface area (Å²) in [6, 6.07) is 22.3. The van der Waals surface area contributed by atoms with E-state index in [2.05, 4.69) is 10.3 Å². The second-order valence-electron chi connectivity index (χ2n) is 6.97. The van der Waals surface area contributed by atoms with E-state index in [0.717, 1.165) is 11.1 Å². The highest BCUT2D eigenvalue weighted by Crippen LogP contribution is 2.16. The maximum atomic E-state index is 12.9. The Morgan fingerprint density at radius 2 is 1.72 bits per heavy atom. The lowest BCUT2D eigenvalue weighted by molar-refractivity contribution is 0.0919. The SMILES string of the molecule is O=C(NCc1ccnc(OCc2ccccc2)c1)c1ccc(COc2ccc(F)cc2)o1. The van der Waals surface area contributed by atoms with Gasteiger partial charge in [0, 0.05) is 18.8 Å². The molecule has 0 fully saturated rings. The average molecular weight is 432 g/mol. The molecule has 0 atom stereocenters. The van der Waals surface area contributed by atoms with E-state index in [1.54, 1.807) is 30.5 Å². The molecule has 32 heavy (non-hydrogen) atoms. The van der Waals surface area contributed by atoms with E-state index in [0.29, 0.717) is 30.5 Å². The van der Waals surface area contributed by atoms with Crippen LogP contribution in [0.25, 0.3) is 0 Å². The van der Waals surface area contributed by atoms with Crippen LogP contribution in [-0.4, -0.2) is 10.9 Å². The van der Waals surface area contributed by atoms with Gasteiger partial charge in [-0.2, -0.15) is 0 Å². The zero-order valence-corrected chi connectivity index (χ0v) is 17.2. The minimum absolute atomic E-state index is 0.130. The summed E-state index contributed by atoms with van der Waals surface area (Å²) in [4.78, 5) is 16.6. The number of furan rings is 1. The molecular weight excluding hydrogens is 411 g/mol. The molecule has 0 aliphatic heterocycles. The zero-order chi connectivity index (χ0) is 22.2. The van der Waals surface area contributed by atoms with Crippen LogP contribution in [0.1, 0.15) is 27.4 Å². The molecule has 0 unspecified atom stereocenters. The Morgan fingerprint density at radius 1 is 0.906 bits per heavy atom. The summed E-state index contributed by atoms with van der Waals surface area (Å²) >= 11 is 0. The molecule has 2 aromatic heterocycles. The number of nitrogens with zero attached hydrogens (tertiary/aromatic N) is 1. The molecule has 0 saturated heterocycles. The first-order chi connectivity index (χ1) is 15.7. The molecule has 4 rings (SSSR count). The van der Waals surface area contributed by atoms with Crippen LogP contribution < -0.4 is 14.8 Å². The Bertz CT molecular complexity index is 1160. The minimum atomic E-state index is -0.346. The van der Waals surface area contributed by atoms with Gasteiger partial charge in [0.25, 0.3) is 5.91 Å². The summed E-state index contributed by atoms with van der Waals surface area (Å²) in [7, 11) is 0. The summed E-state index contributed by atoms with van der Waals surface area (Å²) in [5, 5.41) is 2.81. The first kappa shape index (κ1) is 21.1. The number of hydrogen-bond acceptors (Lipinski definition) is 5. The molecule has 0 aliphatic rings. The van der Waals surface area contributed by atoms with Crippen LogP contribution in [-0.2, 0) is 19.8 Å². The van der Waals surface area contributed by atoms with Gasteiger partial charge in [-0.1, -0.05) is 30.3 Å². The number of nitrogens with one attached hydrogen (secondary N) is 1. The normalized spacial score (nSPS) is 10.5. The molecule has 1 N–H and O–H groups in total. The molecule has 162 valence electrons. The maximum Gasteiger partial charge on any atom is 0.287 e. The van der Waals surface area contributed by atoms with Gasteiger partial charge in [-0.3, -0.25) is 4.79 Å². The van der Waals surface area contributed by atoms with Gasteiger partial charge in [0.1, 0.15) is 30.5 Å².